The maximum absolute atomic E-state index is 12.7. The first-order valence-corrected chi connectivity index (χ1v) is 7.94. The Kier molecular flexibility index (Phi) is 5.12. The summed E-state index contributed by atoms with van der Waals surface area (Å²) in [4.78, 5) is 16.7. The van der Waals surface area contributed by atoms with Crippen LogP contribution in [0.1, 0.15) is 28.2 Å². The van der Waals surface area contributed by atoms with E-state index < -0.39 is 24.2 Å². The number of pyridine rings is 1. The van der Waals surface area contributed by atoms with Crippen molar-refractivity contribution in [2.75, 3.05) is 5.32 Å². The third-order valence-electron chi connectivity index (χ3n) is 3.88. The van der Waals surface area contributed by atoms with Gasteiger partial charge in [-0.3, -0.25) is 4.79 Å². The number of nitrogens with zero attached hydrogens (tertiary/aromatic N) is 3. The van der Waals surface area contributed by atoms with Gasteiger partial charge in [-0.2, -0.15) is 27.1 Å². The summed E-state index contributed by atoms with van der Waals surface area (Å²) < 4.78 is 63.6. The molecule has 0 saturated carbocycles. The van der Waals surface area contributed by atoms with Gasteiger partial charge in [-0.05, 0) is 42.8 Å². The number of aryl methyl sites for hydroxylation is 1. The van der Waals surface area contributed by atoms with Crippen molar-refractivity contribution in [1.29, 1.82) is 0 Å². The molecule has 2 aromatic heterocycles. The Hall–Kier alpha value is -3.30. The maximum Gasteiger partial charge on any atom is 0.416 e. The second kappa shape index (κ2) is 7.37. The molecular formula is C18H13F5N4O. The fourth-order valence-electron chi connectivity index (χ4n) is 2.43. The second-order valence-electron chi connectivity index (χ2n) is 5.88. The van der Waals surface area contributed by atoms with Crippen molar-refractivity contribution in [3.8, 4) is 11.3 Å². The van der Waals surface area contributed by atoms with Gasteiger partial charge in [-0.25, -0.2) is 9.67 Å². The molecule has 10 heteroatoms. The Morgan fingerprint density at radius 2 is 1.79 bits per heavy atom. The fourth-order valence-corrected chi connectivity index (χ4v) is 2.43. The van der Waals surface area contributed by atoms with Gasteiger partial charge in [0.2, 0.25) is 0 Å². The lowest BCUT2D eigenvalue weighted by atomic mass is 10.1. The van der Waals surface area contributed by atoms with Crippen molar-refractivity contribution in [3.63, 3.8) is 0 Å². The molecule has 1 amide bonds. The summed E-state index contributed by atoms with van der Waals surface area (Å²) in [6.07, 6.45) is -2.18. The van der Waals surface area contributed by atoms with Crippen LogP contribution in [0.4, 0.5) is 27.6 Å². The number of hydrogen-bond acceptors (Lipinski definition) is 3. The first-order chi connectivity index (χ1) is 13.1. The van der Waals surface area contributed by atoms with Crippen LogP contribution >= 0.6 is 0 Å². The number of hydrogen-bond donors (Lipinski definition) is 1. The smallest absolute Gasteiger partial charge is 0.321 e. The largest absolute Gasteiger partial charge is 0.416 e. The van der Waals surface area contributed by atoms with E-state index in [-0.39, 0.29) is 17.1 Å². The van der Waals surface area contributed by atoms with Gasteiger partial charge in [-0.1, -0.05) is 6.07 Å². The highest BCUT2D eigenvalue weighted by molar-refractivity contribution is 6.04. The SMILES string of the molecule is Cc1ccc(-c2cnn(C(F)F)c2)nc1C(=O)Nc1ccc(C(F)(F)F)cc1. The molecule has 28 heavy (non-hydrogen) atoms. The van der Waals surface area contributed by atoms with Gasteiger partial charge >= 0.3 is 12.7 Å². The Morgan fingerprint density at radius 1 is 1.11 bits per heavy atom. The van der Waals surface area contributed by atoms with Crippen LogP contribution in [0, 0.1) is 6.92 Å². The van der Waals surface area contributed by atoms with Gasteiger partial charge in [0.1, 0.15) is 5.69 Å². The molecule has 0 aliphatic carbocycles. The van der Waals surface area contributed by atoms with Gasteiger partial charge in [0.05, 0.1) is 17.5 Å². The average molecular weight is 396 g/mol. The monoisotopic (exact) mass is 396 g/mol. The van der Waals surface area contributed by atoms with E-state index in [1.807, 2.05) is 0 Å². The maximum atomic E-state index is 12.7. The number of halogens is 5. The lowest BCUT2D eigenvalue weighted by Crippen LogP contribution is -2.16. The topological polar surface area (TPSA) is 59.8 Å². The van der Waals surface area contributed by atoms with Crippen molar-refractivity contribution in [2.24, 2.45) is 0 Å². The third kappa shape index (κ3) is 4.16. The molecule has 1 N–H and O–H groups in total. The second-order valence-corrected chi connectivity index (χ2v) is 5.88. The zero-order valence-electron chi connectivity index (χ0n) is 14.3. The molecule has 0 bridgehead atoms. The molecule has 2 heterocycles. The summed E-state index contributed by atoms with van der Waals surface area (Å²) in [5.74, 6) is -0.639. The Morgan fingerprint density at radius 3 is 2.36 bits per heavy atom. The molecule has 146 valence electrons. The zero-order chi connectivity index (χ0) is 20.5. The third-order valence-corrected chi connectivity index (χ3v) is 3.88. The van der Waals surface area contributed by atoms with Crippen LogP contribution in [0.25, 0.3) is 11.3 Å². The van der Waals surface area contributed by atoms with Crippen molar-refractivity contribution in [2.45, 2.75) is 19.6 Å². The quantitative estimate of drug-likeness (QED) is 0.637. The number of carbonyl (C=O) groups excluding carboxylic acids is 1. The van der Waals surface area contributed by atoms with Crippen LogP contribution in [-0.4, -0.2) is 20.7 Å². The molecule has 0 aliphatic heterocycles. The number of nitrogens with one attached hydrogen (secondary N) is 1. The highest BCUT2D eigenvalue weighted by atomic mass is 19.4. The van der Waals surface area contributed by atoms with Crippen LogP contribution < -0.4 is 5.32 Å². The zero-order valence-corrected chi connectivity index (χ0v) is 14.3. The molecule has 0 atom stereocenters. The molecule has 3 rings (SSSR count). The van der Waals surface area contributed by atoms with Crippen molar-refractivity contribution in [1.82, 2.24) is 14.8 Å². The van der Waals surface area contributed by atoms with E-state index in [0.717, 1.165) is 30.5 Å². The number of carbonyl (C=O) groups is 1. The number of benzene rings is 1. The first-order valence-electron chi connectivity index (χ1n) is 7.94. The number of aromatic nitrogens is 3. The van der Waals surface area contributed by atoms with E-state index in [0.29, 0.717) is 15.8 Å². The molecule has 0 aliphatic rings. The van der Waals surface area contributed by atoms with E-state index in [1.54, 1.807) is 19.1 Å². The van der Waals surface area contributed by atoms with Crippen LogP contribution in [-0.2, 0) is 6.18 Å². The summed E-state index contributed by atoms with van der Waals surface area (Å²) in [7, 11) is 0. The molecular weight excluding hydrogens is 383 g/mol. The summed E-state index contributed by atoms with van der Waals surface area (Å²) in [6, 6.07) is 7.11. The Bertz CT molecular complexity index is 996. The summed E-state index contributed by atoms with van der Waals surface area (Å²) >= 11 is 0. The van der Waals surface area contributed by atoms with Gasteiger partial charge in [-0.15, -0.1) is 0 Å². The minimum atomic E-state index is -4.47. The Balaban J connectivity index is 1.83. The molecule has 3 aromatic rings. The van der Waals surface area contributed by atoms with Crippen LogP contribution in [0.15, 0.2) is 48.8 Å². The molecule has 5 nitrogen and oxygen atoms in total. The highest BCUT2D eigenvalue weighted by Gasteiger charge is 2.30. The number of amides is 1. The van der Waals surface area contributed by atoms with Crippen molar-refractivity contribution < 1.29 is 26.7 Å². The molecule has 0 spiro atoms. The summed E-state index contributed by atoms with van der Waals surface area (Å²) in [5, 5.41) is 5.99. The average Bonchev–Trinajstić information content (AvgIpc) is 3.12. The van der Waals surface area contributed by atoms with Crippen LogP contribution in [0.3, 0.4) is 0 Å². The fraction of sp³-hybridized carbons (Fsp3) is 0.167. The molecule has 1 aromatic carbocycles. The van der Waals surface area contributed by atoms with E-state index in [2.05, 4.69) is 15.4 Å². The summed E-state index contributed by atoms with van der Waals surface area (Å²) in [5.41, 5.74) is 0.406. The number of anilines is 1. The minimum Gasteiger partial charge on any atom is -0.321 e. The molecule has 0 radical (unpaired) electrons. The van der Waals surface area contributed by atoms with Gasteiger partial charge in [0, 0.05) is 17.4 Å². The predicted molar refractivity (Wildman–Crippen MR) is 90.8 cm³/mol. The van der Waals surface area contributed by atoms with Gasteiger partial charge in [0.15, 0.2) is 0 Å². The van der Waals surface area contributed by atoms with E-state index in [1.165, 1.54) is 6.20 Å². The van der Waals surface area contributed by atoms with Crippen molar-refractivity contribution in [3.05, 3.63) is 65.6 Å². The Labute approximate surface area is 155 Å². The molecule has 0 fully saturated rings. The van der Waals surface area contributed by atoms with Gasteiger partial charge < -0.3 is 5.32 Å². The van der Waals surface area contributed by atoms with E-state index in [4.69, 9.17) is 0 Å². The molecule has 0 unspecified atom stereocenters. The van der Waals surface area contributed by atoms with Crippen molar-refractivity contribution >= 4 is 11.6 Å². The first kappa shape index (κ1) is 19.5. The lowest BCUT2D eigenvalue weighted by Gasteiger charge is -2.10. The summed E-state index contributed by atoms with van der Waals surface area (Å²) in [6.45, 7) is -1.18. The predicted octanol–water partition coefficient (Wildman–Crippen LogP) is 4.92. The minimum absolute atomic E-state index is 0.0159. The van der Waals surface area contributed by atoms with Crippen LogP contribution in [0.5, 0.6) is 0 Å². The van der Waals surface area contributed by atoms with Gasteiger partial charge in [0.25, 0.3) is 5.91 Å². The molecule has 0 saturated heterocycles. The standard InChI is InChI=1S/C18H13F5N4O/c1-10-2-7-14(11-8-24-27(9-11)17(19)20)26-15(10)16(28)25-13-5-3-12(4-6-13)18(21,22)23/h2-9,17H,1H3,(H,25,28). The number of alkyl halides is 5. The number of rotatable bonds is 4. The van der Waals surface area contributed by atoms with E-state index >= 15 is 0 Å². The van der Waals surface area contributed by atoms with E-state index in [9.17, 15) is 26.7 Å². The highest BCUT2D eigenvalue weighted by Crippen LogP contribution is 2.30. The van der Waals surface area contributed by atoms with Crippen LogP contribution in [0.2, 0.25) is 0 Å². The lowest BCUT2D eigenvalue weighted by molar-refractivity contribution is -0.137. The normalized spacial score (nSPS) is 11.7.